The van der Waals surface area contributed by atoms with Gasteiger partial charge in [-0.2, -0.15) is 0 Å². The average Bonchev–Trinajstić information content (AvgIpc) is 3.25. The molecule has 0 aromatic carbocycles. The lowest BCUT2D eigenvalue weighted by atomic mass is 9.85. The van der Waals surface area contributed by atoms with Crippen molar-refractivity contribution in [3.8, 4) is 0 Å². The molecule has 3 aliphatic heterocycles. The maximum absolute atomic E-state index is 13.6. The normalized spacial score (nSPS) is 33.0. The fraction of sp³-hybridized carbons (Fsp3) is 0.909. The summed E-state index contributed by atoms with van der Waals surface area (Å²) < 4.78 is 35.8. The number of amides is 3. The summed E-state index contributed by atoms with van der Waals surface area (Å²) in [6, 6.07) is -3.40. The van der Waals surface area contributed by atoms with Crippen LogP contribution >= 0.6 is 0 Å². The summed E-state index contributed by atoms with van der Waals surface area (Å²) in [7, 11) is 0. The second-order valence-electron chi connectivity index (χ2n) is 17.5. The topological polar surface area (TPSA) is 301 Å². The number of carbonyl (C=O) groups excluding carboxylic acids is 4. The Bertz CT molecular complexity index is 1370. The molecule has 0 bridgehead atoms. The molecule has 3 rings (SSSR count). The van der Waals surface area contributed by atoms with E-state index in [-0.39, 0.29) is 32.8 Å². The van der Waals surface area contributed by atoms with Crippen LogP contribution in [0.3, 0.4) is 0 Å². The van der Waals surface area contributed by atoms with E-state index in [1.54, 1.807) is 0 Å². The van der Waals surface area contributed by atoms with Crippen LogP contribution in [0.15, 0.2) is 0 Å². The zero-order valence-corrected chi connectivity index (χ0v) is 38.2. The van der Waals surface area contributed by atoms with Crippen molar-refractivity contribution in [2.24, 2.45) is 11.8 Å². The smallest absolute Gasteiger partial charge is 0.306 e. The minimum absolute atomic E-state index is 0.0843. The third kappa shape index (κ3) is 17.9. The summed E-state index contributed by atoms with van der Waals surface area (Å²) in [6.07, 6.45) is 2.14. The van der Waals surface area contributed by atoms with E-state index in [0.717, 1.165) is 25.7 Å². The van der Waals surface area contributed by atoms with E-state index in [4.69, 9.17) is 28.4 Å². The lowest BCUT2D eigenvalue weighted by molar-refractivity contribution is -0.249. The van der Waals surface area contributed by atoms with Crippen molar-refractivity contribution in [1.29, 1.82) is 0 Å². The van der Waals surface area contributed by atoms with Crippen molar-refractivity contribution in [1.82, 2.24) is 16.0 Å². The molecule has 372 valence electrons. The molecular weight excluding hydrogens is 842 g/mol. The third-order valence-electron chi connectivity index (χ3n) is 12.3. The molecule has 15 atom stereocenters. The number of aliphatic hydroxyl groups is 7. The molecule has 10 N–H and O–H groups in total. The molecule has 0 spiro atoms. The predicted molar refractivity (Wildman–Crippen MR) is 229 cm³/mol. The van der Waals surface area contributed by atoms with Crippen LogP contribution < -0.4 is 16.0 Å². The van der Waals surface area contributed by atoms with Crippen LogP contribution in [-0.4, -0.2) is 185 Å². The van der Waals surface area contributed by atoms with E-state index in [1.807, 2.05) is 0 Å². The average molecular weight is 922 g/mol. The van der Waals surface area contributed by atoms with Crippen LogP contribution in [0.4, 0.5) is 0 Å². The van der Waals surface area contributed by atoms with Crippen molar-refractivity contribution < 1.29 is 83.3 Å². The minimum atomic E-state index is -1.61. The number of hydrogen-bond donors (Lipinski definition) is 10. The van der Waals surface area contributed by atoms with E-state index in [2.05, 4.69) is 22.9 Å². The van der Waals surface area contributed by atoms with Gasteiger partial charge in [0.2, 0.25) is 17.7 Å². The summed E-state index contributed by atoms with van der Waals surface area (Å²) >= 11 is 0. The standard InChI is InChI=1S/C44H79N3O17/c1-5-6-7-8-9-10-11-12-13-14-15-16-17-18-36(54)64-43-30(23-60-24-34-37(45-26(2)51)42(57)41(56)33(21-50)62-34)32(20-49)61-35(38(43)46-27(3)52)25-59-22-29-31(19-48)63-44(58)39(40(29)55)47-28(4)53/h29-35,37-44,48-50,55-58H,5-25H2,1-4H3,(H,45,51)(H,46,52)(H,47,53)/t29-,30-,31?,32?,33?,34+,35+,37?,38?,39?,40+,41-,42-,43+,44-/m1/s1. The van der Waals surface area contributed by atoms with Gasteiger partial charge in [0.05, 0.1) is 82.6 Å². The van der Waals surface area contributed by atoms with Crippen LogP contribution in [0.2, 0.25) is 0 Å². The number of aliphatic hydroxyl groups excluding tert-OH is 7. The molecule has 6 unspecified atom stereocenters. The maximum atomic E-state index is 13.6. The second kappa shape index (κ2) is 29.9. The summed E-state index contributed by atoms with van der Waals surface area (Å²) in [4.78, 5) is 50.1. The zero-order chi connectivity index (χ0) is 47.2. The molecular formula is C44H79N3O17. The fourth-order valence-corrected chi connectivity index (χ4v) is 8.88. The highest BCUT2D eigenvalue weighted by molar-refractivity contribution is 5.74. The Morgan fingerprint density at radius 3 is 1.44 bits per heavy atom. The van der Waals surface area contributed by atoms with Crippen molar-refractivity contribution in [3.63, 3.8) is 0 Å². The largest absolute Gasteiger partial charge is 0.460 e. The van der Waals surface area contributed by atoms with Gasteiger partial charge in [-0.25, -0.2) is 0 Å². The minimum Gasteiger partial charge on any atom is -0.460 e. The van der Waals surface area contributed by atoms with Gasteiger partial charge in [0.15, 0.2) is 6.29 Å². The van der Waals surface area contributed by atoms with E-state index in [0.29, 0.717) is 6.42 Å². The lowest BCUT2D eigenvalue weighted by Gasteiger charge is -2.47. The zero-order valence-electron chi connectivity index (χ0n) is 38.2. The van der Waals surface area contributed by atoms with Crippen molar-refractivity contribution in [3.05, 3.63) is 0 Å². The Morgan fingerprint density at radius 1 is 0.484 bits per heavy atom. The molecule has 0 aromatic rings. The van der Waals surface area contributed by atoms with E-state index in [9.17, 15) is 54.9 Å². The van der Waals surface area contributed by atoms with Crippen molar-refractivity contribution >= 4 is 23.7 Å². The summed E-state index contributed by atoms with van der Waals surface area (Å²) in [5.74, 6) is -3.95. The van der Waals surface area contributed by atoms with Crippen LogP contribution in [-0.2, 0) is 47.6 Å². The molecule has 0 aliphatic carbocycles. The monoisotopic (exact) mass is 922 g/mol. The molecule has 0 aromatic heterocycles. The van der Waals surface area contributed by atoms with E-state index < -0.39 is 135 Å². The number of esters is 1. The van der Waals surface area contributed by atoms with Gasteiger partial charge < -0.3 is 80.1 Å². The molecule has 0 radical (unpaired) electrons. The first kappa shape index (κ1) is 55.7. The molecule has 3 saturated heterocycles. The first-order valence-corrected chi connectivity index (χ1v) is 23.3. The van der Waals surface area contributed by atoms with Crippen molar-refractivity contribution in [2.45, 2.75) is 197 Å². The molecule has 20 heteroatoms. The van der Waals surface area contributed by atoms with Gasteiger partial charge in [0.25, 0.3) is 0 Å². The quantitative estimate of drug-likeness (QED) is 0.0333. The highest BCUT2D eigenvalue weighted by atomic mass is 16.6. The Hall–Kier alpha value is -2.60. The van der Waals surface area contributed by atoms with Crippen LogP contribution in [0.5, 0.6) is 0 Å². The number of hydrogen-bond acceptors (Lipinski definition) is 17. The molecule has 3 amide bonds. The highest BCUT2D eigenvalue weighted by Gasteiger charge is 2.50. The summed E-state index contributed by atoms with van der Waals surface area (Å²) in [5.41, 5.74) is 0. The van der Waals surface area contributed by atoms with Gasteiger partial charge in [-0.05, 0) is 6.42 Å². The van der Waals surface area contributed by atoms with Gasteiger partial charge in [-0.3, -0.25) is 19.2 Å². The maximum Gasteiger partial charge on any atom is 0.306 e. The number of carbonyl (C=O) groups is 4. The van der Waals surface area contributed by atoms with Crippen LogP contribution in [0.1, 0.15) is 118 Å². The number of rotatable bonds is 29. The van der Waals surface area contributed by atoms with Gasteiger partial charge in [-0.1, -0.05) is 84.0 Å². The second-order valence-corrected chi connectivity index (χ2v) is 17.5. The summed E-state index contributed by atoms with van der Waals surface area (Å²) in [6.45, 7) is 3.01. The molecule has 3 fully saturated rings. The predicted octanol–water partition coefficient (Wildman–Crippen LogP) is -0.529. The Morgan fingerprint density at radius 2 is 0.922 bits per heavy atom. The molecule has 20 nitrogen and oxygen atoms in total. The van der Waals surface area contributed by atoms with Gasteiger partial charge >= 0.3 is 5.97 Å². The number of nitrogens with one attached hydrogen (secondary N) is 3. The fourth-order valence-electron chi connectivity index (χ4n) is 8.88. The van der Waals surface area contributed by atoms with Gasteiger partial charge in [0.1, 0.15) is 42.7 Å². The van der Waals surface area contributed by atoms with Gasteiger partial charge in [0, 0.05) is 33.1 Å². The Kier molecular flexibility index (Phi) is 26.1. The molecule has 3 heterocycles. The Labute approximate surface area is 377 Å². The third-order valence-corrected chi connectivity index (χ3v) is 12.3. The molecule has 3 aliphatic rings. The highest BCUT2D eigenvalue weighted by Crippen LogP contribution is 2.32. The Balaban J connectivity index is 1.74. The van der Waals surface area contributed by atoms with Crippen molar-refractivity contribution in [2.75, 3.05) is 46.2 Å². The van der Waals surface area contributed by atoms with Crippen LogP contribution in [0.25, 0.3) is 0 Å². The molecule has 0 saturated carbocycles. The first-order valence-electron chi connectivity index (χ1n) is 23.3. The summed E-state index contributed by atoms with van der Waals surface area (Å²) in [5, 5.41) is 81.0. The molecule has 64 heavy (non-hydrogen) atoms. The van der Waals surface area contributed by atoms with E-state index in [1.165, 1.54) is 72.1 Å². The lowest BCUT2D eigenvalue weighted by Crippen LogP contribution is -2.66. The SMILES string of the molecule is CCCCCCCCCCCCCCCC(=O)O[C@@H]1C(NC(C)=O)[C@H](COC[C@@H]2C(CO)O[C@@H](O)C(NC(C)=O)[C@H]2O)OC(CO)[C@H]1COC[C@@H]1OC(CO)[C@@H](O)[C@H](O)C1NC(C)=O. The van der Waals surface area contributed by atoms with Gasteiger partial charge in [-0.15, -0.1) is 0 Å². The first-order chi connectivity index (χ1) is 30.7. The number of unbranched alkanes of at least 4 members (excludes halogenated alkanes) is 12. The number of ether oxygens (including phenoxy) is 6. The van der Waals surface area contributed by atoms with Crippen LogP contribution in [0, 0.1) is 11.8 Å². The van der Waals surface area contributed by atoms with E-state index >= 15 is 0 Å².